The maximum absolute atomic E-state index is 12.4. The maximum Gasteiger partial charge on any atom is 0.410 e. The number of nitrogens with zero attached hydrogens (tertiary/aromatic N) is 1. The van der Waals surface area contributed by atoms with Crippen molar-refractivity contribution in [2.24, 2.45) is 5.73 Å². The summed E-state index contributed by atoms with van der Waals surface area (Å²) in [6.45, 7) is 2.95. The maximum atomic E-state index is 12.4. The van der Waals surface area contributed by atoms with Crippen LogP contribution in [-0.2, 0) is 30.5 Å². The van der Waals surface area contributed by atoms with E-state index in [1.807, 2.05) is 30.3 Å². The van der Waals surface area contributed by atoms with Crippen LogP contribution in [0.2, 0.25) is 0 Å². The summed E-state index contributed by atoms with van der Waals surface area (Å²) in [6, 6.07) is 7.14. The number of ether oxygens (including phenoxy) is 2. The number of benzene rings is 1. The highest BCUT2D eigenvalue weighted by Gasteiger charge is 2.43. The highest BCUT2D eigenvalue weighted by molar-refractivity contribution is 5.95. The van der Waals surface area contributed by atoms with Crippen molar-refractivity contribution in [3.05, 3.63) is 35.9 Å². The molecule has 0 unspecified atom stereocenters. The van der Waals surface area contributed by atoms with Gasteiger partial charge in [0.2, 0.25) is 5.91 Å². The zero-order chi connectivity index (χ0) is 21.6. The van der Waals surface area contributed by atoms with E-state index in [1.165, 1.54) is 20.9 Å². The van der Waals surface area contributed by atoms with Crippen LogP contribution in [0.1, 0.15) is 38.7 Å². The van der Waals surface area contributed by atoms with E-state index in [0.717, 1.165) is 16.9 Å². The molecule has 9 nitrogen and oxygen atoms in total. The summed E-state index contributed by atoms with van der Waals surface area (Å²) < 4.78 is 9.95. The number of likely N-dealkylation sites (N-methyl/N-ethyl adjacent to an activating group) is 1. The lowest BCUT2D eigenvalue weighted by Gasteiger charge is -2.34. The molecule has 1 aromatic carbocycles. The Labute approximate surface area is 169 Å². The van der Waals surface area contributed by atoms with E-state index in [4.69, 9.17) is 15.2 Å². The molecule has 9 heteroatoms. The van der Waals surface area contributed by atoms with Gasteiger partial charge in [-0.25, -0.2) is 14.4 Å². The van der Waals surface area contributed by atoms with Gasteiger partial charge in [0, 0.05) is 7.05 Å². The molecule has 1 aliphatic carbocycles. The second-order valence-electron chi connectivity index (χ2n) is 7.28. The predicted octanol–water partition coefficient (Wildman–Crippen LogP) is 1.10. The van der Waals surface area contributed by atoms with Crippen LogP contribution in [0.15, 0.2) is 30.3 Å². The molecule has 2 rings (SSSR count). The van der Waals surface area contributed by atoms with Crippen molar-refractivity contribution in [2.45, 2.75) is 57.3 Å². The van der Waals surface area contributed by atoms with E-state index < -0.39 is 41.6 Å². The Morgan fingerprint density at radius 1 is 1.17 bits per heavy atom. The fraction of sp³-hybridized carbons (Fsp3) is 0.500. The molecule has 3 N–H and O–H groups in total. The van der Waals surface area contributed by atoms with Crippen molar-refractivity contribution in [3.8, 4) is 0 Å². The molecule has 0 aromatic heterocycles. The van der Waals surface area contributed by atoms with Gasteiger partial charge in [0.1, 0.15) is 24.2 Å². The van der Waals surface area contributed by atoms with Crippen LogP contribution in [0.3, 0.4) is 0 Å². The van der Waals surface area contributed by atoms with Gasteiger partial charge < -0.3 is 20.5 Å². The zero-order valence-corrected chi connectivity index (χ0v) is 16.8. The van der Waals surface area contributed by atoms with Crippen molar-refractivity contribution < 1.29 is 28.7 Å². The third-order valence-electron chi connectivity index (χ3n) is 5.01. The van der Waals surface area contributed by atoms with E-state index >= 15 is 0 Å². The first kappa shape index (κ1) is 22.4. The average molecular weight is 405 g/mol. The molecular weight excluding hydrogens is 378 g/mol. The van der Waals surface area contributed by atoms with Gasteiger partial charge in [-0.15, -0.1) is 0 Å². The summed E-state index contributed by atoms with van der Waals surface area (Å²) in [7, 11) is 1.42. The summed E-state index contributed by atoms with van der Waals surface area (Å²) in [4.78, 5) is 49.6. The molecule has 1 aromatic rings. The molecule has 2 atom stereocenters. The standard InChI is InChI=1S/C20H27N3O6/c1-13(17(25)29-18(26)20(21)10-7-11-20)22-16(24)14(2)23(3)19(27)28-12-15-8-5-4-6-9-15/h4-6,8-9,13-14H,7,10-12,21H2,1-3H3,(H,22,24)/t13-,14-/m0/s1. The Hall–Kier alpha value is -2.94. The van der Waals surface area contributed by atoms with E-state index in [2.05, 4.69) is 5.32 Å². The Bertz CT molecular complexity index is 763. The third kappa shape index (κ3) is 5.77. The lowest BCUT2D eigenvalue weighted by molar-refractivity contribution is -0.167. The number of esters is 2. The van der Waals surface area contributed by atoms with Crippen molar-refractivity contribution in [3.63, 3.8) is 0 Å². The van der Waals surface area contributed by atoms with Crippen LogP contribution >= 0.6 is 0 Å². The minimum atomic E-state index is -1.12. The first-order valence-corrected chi connectivity index (χ1v) is 9.43. The molecule has 0 saturated heterocycles. The molecule has 1 aliphatic rings. The number of rotatable bonds is 7. The summed E-state index contributed by atoms with van der Waals surface area (Å²) in [5, 5.41) is 2.43. The second-order valence-corrected chi connectivity index (χ2v) is 7.28. The van der Waals surface area contributed by atoms with Crippen molar-refractivity contribution in [2.75, 3.05) is 7.05 Å². The monoisotopic (exact) mass is 405 g/mol. The molecular formula is C20H27N3O6. The van der Waals surface area contributed by atoms with E-state index in [9.17, 15) is 19.2 Å². The quantitative estimate of drug-likeness (QED) is 0.513. The van der Waals surface area contributed by atoms with Crippen LogP contribution in [0, 0.1) is 0 Å². The number of carbonyl (C=O) groups excluding carboxylic acids is 4. The SMILES string of the molecule is C[C@H](NC(=O)[C@H](C)N(C)C(=O)OCc1ccccc1)C(=O)OC(=O)C1(N)CCC1. The summed E-state index contributed by atoms with van der Waals surface area (Å²) in [5.41, 5.74) is 5.52. The normalized spacial score (nSPS) is 16.6. The number of amides is 2. The number of carbonyl (C=O) groups is 4. The number of nitrogens with one attached hydrogen (secondary N) is 1. The topological polar surface area (TPSA) is 128 Å². The number of hydrogen-bond donors (Lipinski definition) is 2. The first-order valence-electron chi connectivity index (χ1n) is 9.43. The van der Waals surface area contributed by atoms with Crippen molar-refractivity contribution in [1.82, 2.24) is 10.2 Å². The molecule has 0 aliphatic heterocycles. The highest BCUT2D eigenvalue weighted by Crippen LogP contribution is 2.30. The van der Waals surface area contributed by atoms with E-state index in [1.54, 1.807) is 0 Å². The van der Waals surface area contributed by atoms with Gasteiger partial charge >= 0.3 is 18.0 Å². The lowest BCUT2D eigenvalue weighted by atomic mass is 9.78. The van der Waals surface area contributed by atoms with Crippen molar-refractivity contribution in [1.29, 1.82) is 0 Å². The molecule has 0 spiro atoms. The second kappa shape index (κ2) is 9.51. The Balaban J connectivity index is 1.80. The van der Waals surface area contributed by atoms with E-state index in [0.29, 0.717) is 12.8 Å². The fourth-order valence-corrected chi connectivity index (χ4v) is 2.59. The van der Waals surface area contributed by atoms with Gasteiger partial charge in [-0.1, -0.05) is 30.3 Å². The van der Waals surface area contributed by atoms with Crippen LogP contribution in [0.4, 0.5) is 4.79 Å². The Morgan fingerprint density at radius 3 is 2.34 bits per heavy atom. The molecule has 2 amide bonds. The molecule has 1 saturated carbocycles. The Kier molecular flexibility index (Phi) is 7.33. The predicted molar refractivity (Wildman–Crippen MR) is 103 cm³/mol. The third-order valence-corrected chi connectivity index (χ3v) is 5.01. The molecule has 0 radical (unpaired) electrons. The largest absolute Gasteiger partial charge is 0.445 e. The van der Waals surface area contributed by atoms with Crippen LogP contribution < -0.4 is 11.1 Å². The highest BCUT2D eigenvalue weighted by atomic mass is 16.6. The molecule has 1 fully saturated rings. The molecule has 158 valence electrons. The minimum Gasteiger partial charge on any atom is -0.445 e. The van der Waals surface area contributed by atoms with Gasteiger partial charge in [0.05, 0.1) is 0 Å². The van der Waals surface area contributed by atoms with Crippen LogP contribution in [-0.4, -0.2) is 53.5 Å². The number of hydrogen-bond acceptors (Lipinski definition) is 7. The lowest BCUT2D eigenvalue weighted by Crippen LogP contribution is -2.56. The first-order chi connectivity index (χ1) is 13.6. The Morgan fingerprint density at radius 2 is 1.79 bits per heavy atom. The van der Waals surface area contributed by atoms with Gasteiger partial charge in [0.25, 0.3) is 0 Å². The fourth-order valence-electron chi connectivity index (χ4n) is 2.59. The molecule has 29 heavy (non-hydrogen) atoms. The smallest absolute Gasteiger partial charge is 0.410 e. The molecule has 0 heterocycles. The summed E-state index contributed by atoms with van der Waals surface area (Å²) >= 11 is 0. The van der Waals surface area contributed by atoms with Gasteiger partial charge in [0.15, 0.2) is 0 Å². The zero-order valence-electron chi connectivity index (χ0n) is 16.8. The summed E-state index contributed by atoms with van der Waals surface area (Å²) in [5.74, 6) is -2.28. The van der Waals surface area contributed by atoms with E-state index in [-0.39, 0.29) is 6.61 Å². The minimum absolute atomic E-state index is 0.0734. The number of nitrogens with two attached hydrogens (primary N) is 1. The molecule has 0 bridgehead atoms. The van der Waals surface area contributed by atoms with Crippen LogP contribution in [0.25, 0.3) is 0 Å². The summed E-state index contributed by atoms with van der Waals surface area (Å²) in [6.07, 6.45) is 1.05. The van der Waals surface area contributed by atoms with Gasteiger partial charge in [-0.3, -0.25) is 9.69 Å². The average Bonchev–Trinajstić information content (AvgIpc) is 2.69. The van der Waals surface area contributed by atoms with Crippen LogP contribution in [0.5, 0.6) is 0 Å². The van der Waals surface area contributed by atoms with Gasteiger partial charge in [-0.05, 0) is 38.7 Å². The van der Waals surface area contributed by atoms with Gasteiger partial charge in [-0.2, -0.15) is 0 Å². The van der Waals surface area contributed by atoms with Crippen molar-refractivity contribution >= 4 is 23.9 Å².